The quantitative estimate of drug-likeness (QED) is 0.514. The van der Waals surface area contributed by atoms with Crippen LogP contribution in [-0.4, -0.2) is 31.1 Å². The third-order valence-corrected chi connectivity index (χ3v) is 8.01. The number of carbonyl (C=O) groups excluding carboxylic acids is 2. The van der Waals surface area contributed by atoms with E-state index in [0.29, 0.717) is 5.75 Å². The van der Waals surface area contributed by atoms with Crippen molar-refractivity contribution in [3.05, 3.63) is 65.5 Å². The van der Waals surface area contributed by atoms with Gasteiger partial charge in [-0.1, -0.05) is 24.3 Å². The van der Waals surface area contributed by atoms with Crippen LogP contribution in [0.15, 0.2) is 48.5 Å². The number of carbonyl (C=O) groups is 2. The molecule has 3 N–H and O–H groups in total. The molecule has 0 aliphatic heterocycles. The highest BCUT2D eigenvalue weighted by atomic mass is 19.1. The molecule has 0 heterocycles. The summed E-state index contributed by atoms with van der Waals surface area (Å²) in [6, 6.07) is 12.9. The maximum atomic E-state index is 13.5. The second kappa shape index (κ2) is 9.88. The van der Waals surface area contributed by atoms with E-state index < -0.39 is 6.04 Å². The van der Waals surface area contributed by atoms with Gasteiger partial charge in [-0.2, -0.15) is 0 Å². The van der Waals surface area contributed by atoms with Crippen molar-refractivity contribution in [1.29, 1.82) is 0 Å². The minimum absolute atomic E-state index is 0.0524. The Morgan fingerprint density at radius 2 is 1.49 bits per heavy atom. The number of benzene rings is 2. The summed E-state index contributed by atoms with van der Waals surface area (Å²) in [6.07, 6.45) is 7.41. The van der Waals surface area contributed by atoms with E-state index in [2.05, 4.69) is 16.0 Å². The monoisotopic (exact) mass is 479 g/mol. The molecule has 6 rings (SSSR count). The van der Waals surface area contributed by atoms with Gasteiger partial charge in [0.25, 0.3) is 0 Å². The molecule has 2 aromatic rings. The van der Waals surface area contributed by atoms with Crippen LogP contribution in [0.25, 0.3) is 0 Å². The first kappa shape index (κ1) is 23.6. The second-order valence-corrected chi connectivity index (χ2v) is 10.7. The third-order valence-electron chi connectivity index (χ3n) is 8.01. The van der Waals surface area contributed by atoms with E-state index in [9.17, 15) is 14.0 Å². The van der Waals surface area contributed by atoms with Crippen molar-refractivity contribution in [1.82, 2.24) is 16.0 Å². The van der Waals surface area contributed by atoms with Crippen LogP contribution < -0.4 is 20.7 Å². The first-order valence-corrected chi connectivity index (χ1v) is 12.7. The molecule has 2 aromatic carbocycles. The summed E-state index contributed by atoms with van der Waals surface area (Å²) in [5, 5.41) is 9.20. The number of urea groups is 1. The SMILES string of the molecule is COc1ccc(C(NC(=O)CCNC(=O)NC23CC4CC(CC(C4)C2)C3)c2ccc(F)cc2)cc1. The van der Waals surface area contributed by atoms with Crippen molar-refractivity contribution in [3.63, 3.8) is 0 Å². The third kappa shape index (κ3) is 5.44. The molecular formula is C28H34FN3O3. The molecule has 4 fully saturated rings. The first-order chi connectivity index (χ1) is 16.9. The number of hydrogen-bond acceptors (Lipinski definition) is 3. The highest BCUT2D eigenvalue weighted by Gasteiger charge is 2.51. The average Bonchev–Trinajstić information content (AvgIpc) is 2.82. The van der Waals surface area contributed by atoms with E-state index in [0.717, 1.165) is 48.1 Å². The number of ether oxygens (including phenoxy) is 1. The molecule has 0 spiro atoms. The zero-order valence-electron chi connectivity index (χ0n) is 20.2. The lowest BCUT2D eigenvalue weighted by Gasteiger charge is -2.56. The number of hydrogen-bond donors (Lipinski definition) is 3. The van der Waals surface area contributed by atoms with Crippen LogP contribution in [0.3, 0.4) is 0 Å². The first-order valence-electron chi connectivity index (χ1n) is 12.7. The molecule has 0 saturated heterocycles. The van der Waals surface area contributed by atoms with Crippen LogP contribution in [0.4, 0.5) is 9.18 Å². The Hall–Kier alpha value is -3.09. The van der Waals surface area contributed by atoms with Crippen molar-refractivity contribution in [2.75, 3.05) is 13.7 Å². The molecule has 4 saturated carbocycles. The normalized spacial score (nSPS) is 27.2. The van der Waals surface area contributed by atoms with Crippen molar-refractivity contribution in [3.8, 4) is 5.75 Å². The molecule has 0 aromatic heterocycles. The molecule has 35 heavy (non-hydrogen) atoms. The maximum Gasteiger partial charge on any atom is 0.315 e. The highest BCUT2D eigenvalue weighted by Crippen LogP contribution is 2.55. The fourth-order valence-electron chi connectivity index (χ4n) is 6.88. The van der Waals surface area contributed by atoms with Crippen molar-refractivity contribution < 1.29 is 18.7 Å². The van der Waals surface area contributed by atoms with E-state index >= 15 is 0 Å². The number of rotatable bonds is 8. The Balaban J connectivity index is 1.16. The highest BCUT2D eigenvalue weighted by molar-refractivity contribution is 5.79. The fourth-order valence-corrected chi connectivity index (χ4v) is 6.88. The van der Waals surface area contributed by atoms with Crippen molar-refractivity contribution >= 4 is 11.9 Å². The minimum atomic E-state index is -0.435. The molecule has 7 heteroatoms. The molecule has 186 valence electrons. The van der Waals surface area contributed by atoms with Gasteiger partial charge in [0, 0.05) is 18.5 Å². The molecule has 1 unspecified atom stereocenters. The Morgan fingerprint density at radius 3 is 2.03 bits per heavy atom. The molecule has 0 radical (unpaired) electrons. The lowest BCUT2D eigenvalue weighted by Crippen LogP contribution is -2.61. The summed E-state index contributed by atoms with van der Waals surface area (Å²) in [5.41, 5.74) is 1.58. The summed E-state index contributed by atoms with van der Waals surface area (Å²) in [7, 11) is 1.60. The van der Waals surface area contributed by atoms with Crippen LogP contribution in [0.2, 0.25) is 0 Å². The van der Waals surface area contributed by atoms with Crippen LogP contribution in [0.1, 0.15) is 62.1 Å². The topological polar surface area (TPSA) is 79.5 Å². The van der Waals surface area contributed by atoms with E-state index in [1.54, 1.807) is 19.2 Å². The summed E-state index contributed by atoms with van der Waals surface area (Å²) < 4.78 is 18.7. The van der Waals surface area contributed by atoms with E-state index in [1.807, 2.05) is 24.3 Å². The maximum absolute atomic E-state index is 13.5. The van der Waals surface area contributed by atoms with E-state index in [4.69, 9.17) is 4.74 Å². The second-order valence-electron chi connectivity index (χ2n) is 10.7. The van der Waals surface area contributed by atoms with Gasteiger partial charge in [-0.15, -0.1) is 0 Å². The predicted octanol–water partition coefficient (Wildman–Crippen LogP) is 4.70. The Morgan fingerprint density at radius 1 is 0.943 bits per heavy atom. The number of halogens is 1. The largest absolute Gasteiger partial charge is 0.497 e. The predicted molar refractivity (Wildman–Crippen MR) is 131 cm³/mol. The summed E-state index contributed by atoms with van der Waals surface area (Å²) >= 11 is 0. The zero-order chi connectivity index (χ0) is 24.4. The van der Waals surface area contributed by atoms with Crippen LogP contribution in [0, 0.1) is 23.6 Å². The average molecular weight is 480 g/mol. The van der Waals surface area contributed by atoms with Gasteiger partial charge >= 0.3 is 6.03 Å². The molecule has 1 atom stereocenters. The van der Waals surface area contributed by atoms with Crippen molar-refractivity contribution in [2.24, 2.45) is 17.8 Å². The van der Waals surface area contributed by atoms with Gasteiger partial charge in [0.15, 0.2) is 0 Å². The minimum Gasteiger partial charge on any atom is -0.497 e. The Kier molecular flexibility index (Phi) is 6.67. The van der Waals surface area contributed by atoms with Gasteiger partial charge in [0.05, 0.1) is 13.2 Å². The van der Waals surface area contributed by atoms with Gasteiger partial charge in [-0.05, 0) is 91.7 Å². The number of methoxy groups -OCH3 is 1. The van der Waals surface area contributed by atoms with Gasteiger partial charge in [0.2, 0.25) is 5.91 Å². The van der Waals surface area contributed by atoms with Crippen LogP contribution in [-0.2, 0) is 4.79 Å². The summed E-state index contributed by atoms with van der Waals surface area (Å²) in [5.74, 6) is 2.47. The number of amides is 3. The Labute approximate surface area is 206 Å². The lowest BCUT2D eigenvalue weighted by atomic mass is 9.53. The standard InChI is InChI=1S/C28H34FN3O3/c1-35-24-8-4-22(5-9-24)26(21-2-6-23(29)7-3-21)31-25(33)10-11-30-27(34)32-28-15-18-12-19(16-28)14-20(13-18)17-28/h2-9,18-20,26H,10-17H2,1H3,(H,31,33)(H2,30,32,34). The van der Waals surface area contributed by atoms with Crippen molar-refractivity contribution in [2.45, 2.75) is 56.5 Å². The smallest absolute Gasteiger partial charge is 0.315 e. The zero-order valence-corrected chi connectivity index (χ0v) is 20.2. The lowest BCUT2D eigenvalue weighted by molar-refractivity contribution is -0.121. The molecule has 4 aliphatic carbocycles. The Bertz CT molecular complexity index is 1020. The van der Waals surface area contributed by atoms with Gasteiger partial charge in [-0.3, -0.25) is 4.79 Å². The van der Waals surface area contributed by atoms with Gasteiger partial charge < -0.3 is 20.7 Å². The molecule has 4 aliphatic rings. The number of nitrogens with one attached hydrogen (secondary N) is 3. The molecule has 3 amide bonds. The van der Waals surface area contributed by atoms with E-state index in [-0.39, 0.29) is 36.3 Å². The van der Waals surface area contributed by atoms with E-state index in [1.165, 1.54) is 31.4 Å². The van der Waals surface area contributed by atoms with Crippen LogP contribution >= 0.6 is 0 Å². The summed E-state index contributed by atoms with van der Waals surface area (Å²) in [6.45, 7) is 0.253. The molecule has 4 bridgehead atoms. The van der Waals surface area contributed by atoms with Gasteiger partial charge in [-0.25, -0.2) is 9.18 Å². The van der Waals surface area contributed by atoms with Crippen LogP contribution in [0.5, 0.6) is 5.75 Å². The summed E-state index contributed by atoms with van der Waals surface area (Å²) in [4.78, 5) is 25.5. The fraction of sp³-hybridized carbons (Fsp3) is 0.500. The molecule has 6 nitrogen and oxygen atoms in total. The molecular weight excluding hydrogens is 445 g/mol. The van der Waals surface area contributed by atoms with Gasteiger partial charge in [0.1, 0.15) is 11.6 Å².